The smallest absolute Gasteiger partial charge is 0.0989 e. The highest BCUT2D eigenvalue weighted by Crippen LogP contribution is 2.27. The van der Waals surface area contributed by atoms with E-state index < -0.39 is 6.10 Å². The van der Waals surface area contributed by atoms with E-state index in [2.05, 4.69) is 0 Å². The SMILES string of the molecule is CC(C)=CC(O)c1cc(Cl)ccc1Cl. The summed E-state index contributed by atoms with van der Waals surface area (Å²) in [4.78, 5) is 0. The molecule has 1 aromatic carbocycles. The van der Waals surface area contributed by atoms with Crippen LogP contribution in [0.15, 0.2) is 29.8 Å². The lowest BCUT2D eigenvalue weighted by molar-refractivity contribution is 0.228. The molecule has 0 aliphatic heterocycles. The second-order valence-corrected chi connectivity index (χ2v) is 4.20. The monoisotopic (exact) mass is 230 g/mol. The first-order valence-corrected chi connectivity index (χ1v) is 5.04. The Morgan fingerprint density at radius 2 is 2.00 bits per heavy atom. The molecule has 0 radical (unpaired) electrons. The highest BCUT2D eigenvalue weighted by atomic mass is 35.5. The highest BCUT2D eigenvalue weighted by Gasteiger charge is 2.09. The summed E-state index contributed by atoms with van der Waals surface area (Å²) in [6.07, 6.45) is 1.04. The number of aliphatic hydroxyl groups excluding tert-OH is 1. The Balaban J connectivity index is 3.05. The molecule has 1 atom stereocenters. The lowest BCUT2D eigenvalue weighted by Crippen LogP contribution is -1.95. The summed E-state index contributed by atoms with van der Waals surface area (Å²) >= 11 is 11.7. The maximum absolute atomic E-state index is 9.78. The van der Waals surface area contributed by atoms with Crippen LogP contribution >= 0.6 is 23.2 Å². The van der Waals surface area contributed by atoms with Crippen molar-refractivity contribution in [2.24, 2.45) is 0 Å². The number of benzene rings is 1. The van der Waals surface area contributed by atoms with Crippen LogP contribution in [0.2, 0.25) is 10.0 Å². The molecule has 0 saturated heterocycles. The zero-order valence-electron chi connectivity index (χ0n) is 8.09. The van der Waals surface area contributed by atoms with Crippen LogP contribution in [0.5, 0.6) is 0 Å². The molecule has 0 spiro atoms. The van der Waals surface area contributed by atoms with Gasteiger partial charge in [0.2, 0.25) is 0 Å². The number of allylic oxidation sites excluding steroid dienone is 1. The summed E-state index contributed by atoms with van der Waals surface area (Å²) in [6.45, 7) is 3.84. The normalized spacial score (nSPS) is 12.4. The molecule has 1 N–H and O–H groups in total. The first kappa shape index (κ1) is 11.6. The molecule has 0 fully saturated rings. The zero-order valence-corrected chi connectivity index (χ0v) is 9.60. The van der Waals surface area contributed by atoms with Gasteiger partial charge in [-0.15, -0.1) is 0 Å². The molecule has 0 aromatic heterocycles. The van der Waals surface area contributed by atoms with Crippen molar-refractivity contribution >= 4 is 23.2 Å². The molecule has 1 rings (SSSR count). The molecule has 0 aliphatic rings. The predicted octanol–water partition coefficient (Wildman–Crippen LogP) is 3.99. The van der Waals surface area contributed by atoms with Crippen molar-refractivity contribution in [1.29, 1.82) is 0 Å². The van der Waals surface area contributed by atoms with Crippen LogP contribution in [-0.2, 0) is 0 Å². The van der Waals surface area contributed by atoms with Gasteiger partial charge in [-0.05, 0) is 32.0 Å². The minimum absolute atomic E-state index is 0.527. The van der Waals surface area contributed by atoms with Gasteiger partial charge < -0.3 is 5.11 Å². The third-order valence-corrected chi connectivity index (χ3v) is 2.35. The predicted molar refractivity (Wildman–Crippen MR) is 60.9 cm³/mol. The summed E-state index contributed by atoms with van der Waals surface area (Å²) in [5.74, 6) is 0. The molecule has 76 valence electrons. The van der Waals surface area contributed by atoms with Gasteiger partial charge in [-0.2, -0.15) is 0 Å². The van der Waals surface area contributed by atoms with E-state index in [0.717, 1.165) is 5.57 Å². The van der Waals surface area contributed by atoms with Gasteiger partial charge >= 0.3 is 0 Å². The van der Waals surface area contributed by atoms with E-state index in [-0.39, 0.29) is 0 Å². The summed E-state index contributed by atoms with van der Waals surface area (Å²) in [6, 6.07) is 5.05. The molecule has 0 heterocycles. The molecule has 3 heteroatoms. The first-order chi connectivity index (χ1) is 6.50. The minimum Gasteiger partial charge on any atom is -0.384 e. The van der Waals surface area contributed by atoms with Gasteiger partial charge in [-0.1, -0.05) is 34.9 Å². The molecule has 1 aromatic rings. The van der Waals surface area contributed by atoms with Crippen molar-refractivity contribution < 1.29 is 5.11 Å². The molecule has 1 nitrogen and oxygen atoms in total. The lowest BCUT2D eigenvalue weighted by Gasteiger charge is -2.09. The third-order valence-electron chi connectivity index (χ3n) is 1.77. The van der Waals surface area contributed by atoms with Gasteiger partial charge in [0.25, 0.3) is 0 Å². The van der Waals surface area contributed by atoms with E-state index in [1.165, 1.54) is 0 Å². The second-order valence-electron chi connectivity index (χ2n) is 3.35. The number of hydrogen-bond donors (Lipinski definition) is 1. The van der Waals surface area contributed by atoms with Gasteiger partial charge in [0.1, 0.15) is 0 Å². The summed E-state index contributed by atoms with van der Waals surface area (Å²) in [5, 5.41) is 10.9. The maximum atomic E-state index is 9.78. The van der Waals surface area contributed by atoms with E-state index in [1.54, 1.807) is 24.3 Å². The largest absolute Gasteiger partial charge is 0.384 e. The second kappa shape index (κ2) is 4.83. The van der Waals surface area contributed by atoms with Crippen molar-refractivity contribution in [1.82, 2.24) is 0 Å². The van der Waals surface area contributed by atoms with Crippen LogP contribution in [0, 0.1) is 0 Å². The Kier molecular flexibility index (Phi) is 3.99. The standard InChI is InChI=1S/C11H12Cl2O/c1-7(2)5-11(14)9-6-8(12)3-4-10(9)13/h3-6,11,14H,1-2H3. The molecular weight excluding hydrogens is 219 g/mol. The van der Waals surface area contributed by atoms with Crippen LogP contribution in [0.4, 0.5) is 0 Å². The third kappa shape index (κ3) is 3.02. The van der Waals surface area contributed by atoms with Crippen LogP contribution < -0.4 is 0 Å². The zero-order chi connectivity index (χ0) is 10.7. The Morgan fingerprint density at radius 3 is 2.57 bits per heavy atom. The van der Waals surface area contributed by atoms with Crippen LogP contribution in [0.25, 0.3) is 0 Å². The molecule has 0 saturated carbocycles. The minimum atomic E-state index is -0.689. The molecule has 14 heavy (non-hydrogen) atoms. The average molecular weight is 231 g/mol. The van der Waals surface area contributed by atoms with Crippen molar-refractivity contribution in [2.75, 3.05) is 0 Å². The maximum Gasteiger partial charge on any atom is 0.0989 e. The molecular formula is C11H12Cl2O. The van der Waals surface area contributed by atoms with Gasteiger partial charge in [-0.3, -0.25) is 0 Å². The van der Waals surface area contributed by atoms with E-state index in [0.29, 0.717) is 15.6 Å². The van der Waals surface area contributed by atoms with Gasteiger partial charge in [-0.25, -0.2) is 0 Å². The number of aliphatic hydroxyl groups is 1. The van der Waals surface area contributed by atoms with E-state index in [4.69, 9.17) is 23.2 Å². The molecule has 0 amide bonds. The van der Waals surface area contributed by atoms with Gasteiger partial charge in [0.15, 0.2) is 0 Å². The van der Waals surface area contributed by atoms with Crippen LogP contribution in [0.1, 0.15) is 25.5 Å². The van der Waals surface area contributed by atoms with Gasteiger partial charge in [0, 0.05) is 15.6 Å². The lowest BCUT2D eigenvalue weighted by atomic mass is 10.1. The average Bonchev–Trinajstić information content (AvgIpc) is 2.08. The Bertz CT molecular complexity index is 354. The van der Waals surface area contributed by atoms with Crippen molar-refractivity contribution in [3.05, 3.63) is 45.5 Å². The van der Waals surface area contributed by atoms with E-state index in [1.807, 2.05) is 13.8 Å². The number of hydrogen-bond acceptors (Lipinski definition) is 1. The molecule has 0 bridgehead atoms. The van der Waals surface area contributed by atoms with Crippen molar-refractivity contribution in [2.45, 2.75) is 20.0 Å². The van der Waals surface area contributed by atoms with Crippen molar-refractivity contribution in [3.8, 4) is 0 Å². The molecule has 1 unspecified atom stereocenters. The summed E-state index contributed by atoms with van der Waals surface area (Å²) < 4.78 is 0. The Labute approximate surface area is 94.0 Å². The van der Waals surface area contributed by atoms with E-state index >= 15 is 0 Å². The Morgan fingerprint density at radius 1 is 1.36 bits per heavy atom. The van der Waals surface area contributed by atoms with Crippen molar-refractivity contribution in [3.63, 3.8) is 0 Å². The van der Waals surface area contributed by atoms with E-state index in [9.17, 15) is 5.11 Å². The number of rotatable bonds is 2. The first-order valence-electron chi connectivity index (χ1n) is 4.28. The fourth-order valence-electron chi connectivity index (χ4n) is 1.15. The Hall–Kier alpha value is -0.500. The topological polar surface area (TPSA) is 20.2 Å². The summed E-state index contributed by atoms with van der Waals surface area (Å²) in [7, 11) is 0. The molecule has 0 aliphatic carbocycles. The number of halogens is 2. The fraction of sp³-hybridized carbons (Fsp3) is 0.273. The van der Waals surface area contributed by atoms with Crippen LogP contribution in [0.3, 0.4) is 0 Å². The fourth-order valence-corrected chi connectivity index (χ4v) is 1.56. The highest BCUT2D eigenvalue weighted by molar-refractivity contribution is 6.33. The quantitative estimate of drug-likeness (QED) is 0.763. The summed E-state index contributed by atoms with van der Waals surface area (Å²) in [5.41, 5.74) is 1.67. The van der Waals surface area contributed by atoms with Crippen LogP contribution in [-0.4, -0.2) is 5.11 Å². The van der Waals surface area contributed by atoms with Gasteiger partial charge in [0.05, 0.1) is 6.10 Å².